The van der Waals surface area contributed by atoms with Crippen molar-refractivity contribution in [1.82, 2.24) is 9.88 Å². The second kappa shape index (κ2) is 11.5. The summed E-state index contributed by atoms with van der Waals surface area (Å²) in [6.45, 7) is 4.12. The Balaban J connectivity index is 1.35. The first-order valence-corrected chi connectivity index (χ1v) is 12.3. The number of carbonyl (C=O) groups excluding carboxylic acids is 2. The fourth-order valence-electron chi connectivity index (χ4n) is 4.47. The van der Waals surface area contributed by atoms with Gasteiger partial charge >= 0.3 is 6.18 Å². The van der Waals surface area contributed by atoms with Crippen molar-refractivity contribution in [3.63, 3.8) is 0 Å². The van der Waals surface area contributed by atoms with Gasteiger partial charge in [-0.3, -0.25) is 9.59 Å². The van der Waals surface area contributed by atoms with Crippen molar-refractivity contribution >= 4 is 23.3 Å². The SMILES string of the molecule is CC[C@@H](C(=O)Nc1ccc(N2CCCN(C(=O)c3ccc(C(F)(F)F)cc3)CC2)nc1)c1ccccc1. The molecular weight excluding hydrogens is 481 g/mol. The van der Waals surface area contributed by atoms with Crippen LogP contribution in [-0.2, 0) is 11.0 Å². The van der Waals surface area contributed by atoms with Crippen LogP contribution in [0.2, 0.25) is 0 Å². The number of alkyl halides is 3. The van der Waals surface area contributed by atoms with Crippen LogP contribution in [-0.4, -0.2) is 47.9 Å². The van der Waals surface area contributed by atoms with Crippen LogP contribution in [0.3, 0.4) is 0 Å². The van der Waals surface area contributed by atoms with E-state index in [2.05, 4.69) is 15.2 Å². The van der Waals surface area contributed by atoms with Crippen LogP contribution in [0.1, 0.15) is 47.2 Å². The molecule has 1 aliphatic heterocycles. The van der Waals surface area contributed by atoms with Crippen molar-refractivity contribution in [3.05, 3.63) is 89.6 Å². The Labute approximate surface area is 214 Å². The lowest BCUT2D eigenvalue weighted by molar-refractivity contribution is -0.137. The first-order valence-electron chi connectivity index (χ1n) is 12.3. The summed E-state index contributed by atoms with van der Waals surface area (Å²) in [4.78, 5) is 33.9. The van der Waals surface area contributed by atoms with Crippen LogP contribution in [0.5, 0.6) is 0 Å². The summed E-state index contributed by atoms with van der Waals surface area (Å²) < 4.78 is 38.4. The molecule has 1 aromatic heterocycles. The van der Waals surface area contributed by atoms with E-state index < -0.39 is 11.7 Å². The zero-order valence-corrected chi connectivity index (χ0v) is 20.5. The third kappa shape index (κ3) is 6.47. The molecule has 1 fully saturated rings. The number of hydrogen-bond donors (Lipinski definition) is 1. The third-order valence-electron chi connectivity index (χ3n) is 6.51. The van der Waals surface area contributed by atoms with Crippen LogP contribution in [0, 0.1) is 0 Å². The van der Waals surface area contributed by atoms with Gasteiger partial charge in [0, 0.05) is 31.7 Å². The number of hydrogen-bond acceptors (Lipinski definition) is 4. The lowest BCUT2D eigenvalue weighted by atomic mass is 9.95. The number of nitrogens with one attached hydrogen (secondary N) is 1. The van der Waals surface area contributed by atoms with E-state index in [1.807, 2.05) is 49.4 Å². The number of nitrogens with zero attached hydrogens (tertiary/aromatic N) is 3. The number of halogens is 3. The van der Waals surface area contributed by atoms with Gasteiger partial charge in [0.1, 0.15) is 5.82 Å². The molecule has 1 aliphatic rings. The minimum atomic E-state index is -4.43. The largest absolute Gasteiger partial charge is 0.416 e. The van der Waals surface area contributed by atoms with Gasteiger partial charge in [-0.05, 0) is 54.8 Å². The molecule has 0 unspecified atom stereocenters. The first kappa shape index (κ1) is 26.2. The van der Waals surface area contributed by atoms with E-state index in [1.54, 1.807) is 11.1 Å². The van der Waals surface area contributed by atoms with Gasteiger partial charge in [-0.15, -0.1) is 0 Å². The van der Waals surface area contributed by atoms with Crippen LogP contribution in [0.25, 0.3) is 0 Å². The molecule has 2 amide bonds. The molecule has 37 heavy (non-hydrogen) atoms. The molecule has 4 rings (SSSR count). The molecule has 6 nitrogen and oxygen atoms in total. The van der Waals surface area contributed by atoms with Crippen molar-refractivity contribution < 1.29 is 22.8 Å². The van der Waals surface area contributed by atoms with Gasteiger partial charge in [0.2, 0.25) is 5.91 Å². The zero-order chi connectivity index (χ0) is 26.4. The van der Waals surface area contributed by atoms with E-state index in [-0.39, 0.29) is 23.3 Å². The Morgan fingerprint density at radius 1 is 0.946 bits per heavy atom. The number of rotatable bonds is 6. The summed E-state index contributed by atoms with van der Waals surface area (Å²) in [6.07, 6.45) is -1.44. The topological polar surface area (TPSA) is 65.5 Å². The fourth-order valence-corrected chi connectivity index (χ4v) is 4.47. The molecule has 0 spiro atoms. The lowest BCUT2D eigenvalue weighted by Crippen LogP contribution is -2.35. The molecule has 2 heterocycles. The number of aromatic nitrogens is 1. The summed E-state index contributed by atoms with van der Waals surface area (Å²) in [5, 5.41) is 2.94. The molecule has 2 aromatic carbocycles. The number of benzene rings is 2. The predicted octanol–water partition coefficient (Wildman–Crippen LogP) is 5.59. The molecule has 1 atom stereocenters. The summed E-state index contributed by atoms with van der Waals surface area (Å²) in [5.74, 6) is 0.109. The normalized spacial score (nSPS) is 15.1. The summed E-state index contributed by atoms with van der Waals surface area (Å²) in [6, 6.07) is 17.6. The first-order chi connectivity index (χ1) is 17.8. The van der Waals surface area contributed by atoms with Crippen molar-refractivity contribution in [1.29, 1.82) is 0 Å². The van der Waals surface area contributed by atoms with Gasteiger partial charge in [0.05, 0.1) is 23.4 Å². The number of pyridine rings is 1. The summed E-state index contributed by atoms with van der Waals surface area (Å²) >= 11 is 0. The molecule has 194 valence electrons. The molecule has 0 bridgehead atoms. The smallest absolute Gasteiger partial charge is 0.355 e. The van der Waals surface area contributed by atoms with Gasteiger partial charge < -0.3 is 15.1 Å². The quantitative estimate of drug-likeness (QED) is 0.470. The lowest BCUT2D eigenvalue weighted by Gasteiger charge is -2.23. The standard InChI is InChI=1S/C28H29F3N4O2/c1-2-24(20-7-4-3-5-8-20)26(36)33-23-13-14-25(32-19-23)34-15-6-16-35(18-17-34)27(37)21-9-11-22(12-10-21)28(29,30)31/h3-5,7-14,19,24H,2,6,15-18H2,1H3,(H,33,36)/t24-/m1/s1. The maximum absolute atomic E-state index is 12.9. The molecule has 0 radical (unpaired) electrons. The number of amides is 2. The van der Waals surface area contributed by atoms with Crippen LogP contribution >= 0.6 is 0 Å². The van der Waals surface area contributed by atoms with Gasteiger partial charge in [0.25, 0.3) is 5.91 Å². The maximum Gasteiger partial charge on any atom is 0.416 e. The summed E-state index contributed by atoms with van der Waals surface area (Å²) in [5.41, 5.74) is 1.03. The second-order valence-electron chi connectivity index (χ2n) is 8.97. The van der Waals surface area contributed by atoms with Gasteiger partial charge in [-0.1, -0.05) is 37.3 Å². The van der Waals surface area contributed by atoms with Gasteiger partial charge in [0.15, 0.2) is 0 Å². The van der Waals surface area contributed by atoms with Crippen molar-refractivity contribution in [3.8, 4) is 0 Å². The van der Waals surface area contributed by atoms with Gasteiger partial charge in [-0.25, -0.2) is 4.98 Å². The monoisotopic (exact) mass is 510 g/mol. The van der Waals surface area contributed by atoms with Crippen molar-refractivity contribution in [2.24, 2.45) is 0 Å². The highest BCUT2D eigenvalue weighted by atomic mass is 19.4. The molecule has 0 saturated carbocycles. The highest BCUT2D eigenvalue weighted by Gasteiger charge is 2.30. The average Bonchev–Trinajstić information content (AvgIpc) is 3.16. The second-order valence-corrected chi connectivity index (χ2v) is 8.97. The minimum absolute atomic E-state index is 0.0876. The highest BCUT2D eigenvalue weighted by Crippen LogP contribution is 2.29. The highest BCUT2D eigenvalue weighted by molar-refractivity contribution is 5.96. The predicted molar refractivity (Wildman–Crippen MR) is 137 cm³/mol. The Morgan fingerprint density at radius 2 is 1.68 bits per heavy atom. The Morgan fingerprint density at radius 3 is 2.30 bits per heavy atom. The number of anilines is 2. The number of carbonyl (C=O) groups is 2. The van der Waals surface area contributed by atoms with Crippen LogP contribution in [0.4, 0.5) is 24.7 Å². The molecule has 3 aromatic rings. The van der Waals surface area contributed by atoms with E-state index in [0.29, 0.717) is 44.7 Å². The van der Waals surface area contributed by atoms with Crippen LogP contribution in [0.15, 0.2) is 72.9 Å². The Hall–Kier alpha value is -3.88. The molecular formula is C28H29F3N4O2. The fraction of sp³-hybridized carbons (Fsp3) is 0.321. The van der Waals surface area contributed by atoms with E-state index in [0.717, 1.165) is 23.5 Å². The molecule has 1 saturated heterocycles. The molecule has 0 aliphatic carbocycles. The zero-order valence-electron chi connectivity index (χ0n) is 20.5. The third-order valence-corrected chi connectivity index (χ3v) is 6.51. The van der Waals surface area contributed by atoms with Crippen molar-refractivity contribution in [2.45, 2.75) is 31.9 Å². The van der Waals surface area contributed by atoms with Crippen LogP contribution < -0.4 is 10.2 Å². The Kier molecular flexibility index (Phi) is 8.11. The van der Waals surface area contributed by atoms with E-state index in [1.165, 1.54) is 12.1 Å². The van der Waals surface area contributed by atoms with E-state index in [9.17, 15) is 22.8 Å². The van der Waals surface area contributed by atoms with Crippen molar-refractivity contribution in [2.75, 3.05) is 36.4 Å². The van der Waals surface area contributed by atoms with E-state index in [4.69, 9.17) is 0 Å². The molecule has 1 N–H and O–H groups in total. The Bertz CT molecular complexity index is 1200. The maximum atomic E-state index is 12.9. The molecule has 9 heteroatoms. The van der Waals surface area contributed by atoms with Gasteiger partial charge in [-0.2, -0.15) is 13.2 Å². The van der Waals surface area contributed by atoms with E-state index >= 15 is 0 Å². The minimum Gasteiger partial charge on any atom is -0.355 e. The average molecular weight is 511 g/mol. The summed E-state index contributed by atoms with van der Waals surface area (Å²) in [7, 11) is 0.